The van der Waals surface area contributed by atoms with Crippen LogP contribution in [0.15, 0.2) is 42.9 Å². The number of halogens is 1. The summed E-state index contributed by atoms with van der Waals surface area (Å²) < 4.78 is 0. The lowest BCUT2D eigenvalue weighted by Crippen LogP contribution is -1.93. The quantitative estimate of drug-likeness (QED) is 0.680. The summed E-state index contributed by atoms with van der Waals surface area (Å²) in [7, 11) is 0. The fourth-order valence-electron chi connectivity index (χ4n) is 1.68. The predicted octanol–water partition coefficient (Wildman–Crippen LogP) is 3.35. The van der Waals surface area contributed by atoms with E-state index in [-0.39, 0.29) is 0 Å². The molecule has 0 spiro atoms. The van der Waals surface area contributed by atoms with Crippen molar-refractivity contribution < 1.29 is 0 Å². The Morgan fingerprint density at radius 2 is 2.06 bits per heavy atom. The number of anilines is 2. The molecule has 5 heteroatoms. The Morgan fingerprint density at radius 1 is 1.12 bits per heavy atom. The third kappa shape index (κ3) is 2.07. The molecular formula is C12H9ClN4. The molecular weight excluding hydrogens is 236 g/mol. The zero-order valence-electron chi connectivity index (χ0n) is 8.81. The van der Waals surface area contributed by atoms with Gasteiger partial charge in [-0.15, -0.1) is 0 Å². The van der Waals surface area contributed by atoms with Crippen molar-refractivity contribution in [3.63, 3.8) is 0 Å². The molecule has 0 saturated carbocycles. The first-order valence-corrected chi connectivity index (χ1v) is 5.51. The van der Waals surface area contributed by atoms with Gasteiger partial charge >= 0.3 is 0 Å². The molecule has 0 saturated heterocycles. The highest BCUT2D eigenvalue weighted by Crippen LogP contribution is 2.21. The SMILES string of the molecule is Clc1cc(Nc2ccc3cc[nH]c3c2)ncn1. The second-order valence-electron chi connectivity index (χ2n) is 3.63. The number of fused-ring (bicyclic) bond motifs is 1. The van der Waals surface area contributed by atoms with Crippen molar-refractivity contribution in [2.75, 3.05) is 5.32 Å². The van der Waals surface area contributed by atoms with E-state index in [0.29, 0.717) is 11.0 Å². The van der Waals surface area contributed by atoms with E-state index < -0.39 is 0 Å². The Bertz CT molecular complexity index is 662. The number of aromatic amines is 1. The summed E-state index contributed by atoms with van der Waals surface area (Å²) in [5.74, 6) is 0.677. The van der Waals surface area contributed by atoms with Crippen LogP contribution in [0, 0.1) is 0 Å². The number of hydrogen-bond acceptors (Lipinski definition) is 3. The van der Waals surface area contributed by atoms with Crippen molar-refractivity contribution >= 4 is 34.0 Å². The molecule has 0 atom stereocenters. The van der Waals surface area contributed by atoms with Gasteiger partial charge in [0.1, 0.15) is 17.3 Å². The number of aromatic nitrogens is 3. The van der Waals surface area contributed by atoms with E-state index in [4.69, 9.17) is 11.6 Å². The number of hydrogen-bond donors (Lipinski definition) is 2. The summed E-state index contributed by atoms with van der Waals surface area (Å²) >= 11 is 5.79. The van der Waals surface area contributed by atoms with E-state index in [1.165, 1.54) is 11.7 Å². The van der Waals surface area contributed by atoms with Gasteiger partial charge in [0.05, 0.1) is 0 Å². The van der Waals surface area contributed by atoms with Crippen LogP contribution in [-0.4, -0.2) is 15.0 Å². The van der Waals surface area contributed by atoms with Gasteiger partial charge < -0.3 is 10.3 Å². The second-order valence-corrected chi connectivity index (χ2v) is 4.02. The standard InChI is InChI=1S/C12H9ClN4/c13-11-6-12(16-7-15-11)17-9-2-1-8-3-4-14-10(8)5-9/h1-7,14H,(H,15,16,17). The van der Waals surface area contributed by atoms with Gasteiger partial charge in [-0.1, -0.05) is 17.7 Å². The average molecular weight is 245 g/mol. The van der Waals surface area contributed by atoms with E-state index in [9.17, 15) is 0 Å². The molecule has 4 nitrogen and oxygen atoms in total. The van der Waals surface area contributed by atoms with Crippen LogP contribution in [-0.2, 0) is 0 Å². The Balaban J connectivity index is 1.94. The summed E-state index contributed by atoms with van der Waals surface area (Å²) in [6.07, 6.45) is 3.34. The highest BCUT2D eigenvalue weighted by Gasteiger charge is 2.00. The molecule has 0 radical (unpaired) electrons. The Labute approximate surface area is 103 Å². The molecule has 1 aromatic carbocycles. The minimum Gasteiger partial charge on any atom is -0.361 e. The molecule has 0 bridgehead atoms. The molecule has 3 aromatic rings. The molecule has 3 rings (SSSR count). The minimum atomic E-state index is 0.420. The van der Waals surface area contributed by atoms with E-state index >= 15 is 0 Å². The summed E-state index contributed by atoms with van der Waals surface area (Å²) in [6, 6.07) is 9.76. The summed E-state index contributed by atoms with van der Waals surface area (Å²) in [4.78, 5) is 11.1. The largest absolute Gasteiger partial charge is 0.361 e. The summed E-state index contributed by atoms with van der Waals surface area (Å²) in [6.45, 7) is 0. The van der Waals surface area contributed by atoms with E-state index in [1.54, 1.807) is 6.07 Å². The van der Waals surface area contributed by atoms with Gasteiger partial charge in [0, 0.05) is 23.5 Å². The molecule has 84 valence electrons. The van der Waals surface area contributed by atoms with Crippen LogP contribution < -0.4 is 5.32 Å². The highest BCUT2D eigenvalue weighted by atomic mass is 35.5. The van der Waals surface area contributed by atoms with Gasteiger partial charge in [-0.3, -0.25) is 0 Å². The first kappa shape index (κ1) is 10.1. The van der Waals surface area contributed by atoms with E-state index in [1.807, 2.05) is 30.5 Å². The molecule has 0 aliphatic heterocycles. The molecule has 2 aromatic heterocycles. The van der Waals surface area contributed by atoms with Gasteiger partial charge in [-0.2, -0.15) is 0 Å². The molecule has 0 amide bonds. The topological polar surface area (TPSA) is 53.6 Å². The molecule has 0 fully saturated rings. The molecule has 0 unspecified atom stereocenters. The molecule has 2 heterocycles. The number of benzene rings is 1. The van der Waals surface area contributed by atoms with Crippen molar-refractivity contribution in [3.8, 4) is 0 Å². The van der Waals surface area contributed by atoms with Crippen molar-refractivity contribution in [1.29, 1.82) is 0 Å². The molecule has 17 heavy (non-hydrogen) atoms. The third-order valence-corrected chi connectivity index (χ3v) is 2.67. The number of rotatable bonds is 2. The van der Waals surface area contributed by atoms with Crippen LogP contribution in [0.3, 0.4) is 0 Å². The minimum absolute atomic E-state index is 0.420. The Kier molecular flexibility index (Phi) is 2.42. The first-order chi connectivity index (χ1) is 8.31. The van der Waals surface area contributed by atoms with Crippen molar-refractivity contribution in [2.24, 2.45) is 0 Å². The fraction of sp³-hybridized carbons (Fsp3) is 0. The van der Waals surface area contributed by atoms with Gasteiger partial charge in [0.15, 0.2) is 0 Å². The lowest BCUT2D eigenvalue weighted by molar-refractivity contribution is 1.17. The zero-order chi connectivity index (χ0) is 11.7. The van der Waals surface area contributed by atoms with Crippen LogP contribution in [0.4, 0.5) is 11.5 Å². The average Bonchev–Trinajstić information content (AvgIpc) is 2.76. The van der Waals surface area contributed by atoms with Crippen molar-refractivity contribution in [2.45, 2.75) is 0 Å². The summed E-state index contributed by atoms with van der Waals surface area (Å²) in [5.41, 5.74) is 2.03. The second kappa shape index (κ2) is 4.07. The first-order valence-electron chi connectivity index (χ1n) is 5.13. The number of nitrogens with zero attached hydrogens (tertiary/aromatic N) is 2. The van der Waals surface area contributed by atoms with Gasteiger partial charge in [0.2, 0.25) is 0 Å². The van der Waals surface area contributed by atoms with Gasteiger partial charge in [0.25, 0.3) is 0 Å². The smallest absolute Gasteiger partial charge is 0.135 e. The van der Waals surface area contributed by atoms with Gasteiger partial charge in [-0.05, 0) is 23.6 Å². The highest BCUT2D eigenvalue weighted by molar-refractivity contribution is 6.29. The Hall–Kier alpha value is -2.07. The van der Waals surface area contributed by atoms with Crippen LogP contribution in [0.1, 0.15) is 0 Å². The number of nitrogens with one attached hydrogen (secondary N) is 2. The van der Waals surface area contributed by atoms with Crippen LogP contribution in [0.2, 0.25) is 5.15 Å². The molecule has 0 aliphatic carbocycles. The molecule has 0 aliphatic rings. The maximum Gasteiger partial charge on any atom is 0.135 e. The number of H-pyrrole nitrogens is 1. The zero-order valence-corrected chi connectivity index (χ0v) is 9.57. The monoisotopic (exact) mass is 244 g/mol. The maximum atomic E-state index is 5.79. The lowest BCUT2D eigenvalue weighted by Gasteiger charge is -2.05. The Morgan fingerprint density at radius 3 is 2.94 bits per heavy atom. The van der Waals surface area contributed by atoms with Crippen LogP contribution in [0.25, 0.3) is 10.9 Å². The van der Waals surface area contributed by atoms with Crippen LogP contribution in [0.5, 0.6) is 0 Å². The van der Waals surface area contributed by atoms with Crippen molar-refractivity contribution in [1.82, 2.24) is 15.0 Å². The fourth-order valence-corrected chi connectivity index (χ4v) is 1.82. The normalized spacial score (nSPS) is 10.6. The van der Waals surface area contributed by atoms with Crippen LogP contribution >= 0.6 is 11.6 Å². The predicted molar refractivity (Wildman–Crippen MR) is 68.6 cm³/mol. The lowest BCUT2D eigenvalue weighted by atomic mass is 10.2. The summed E-state index contributed by atoms with van der Waals surface area (Å²) in [5, 5.41) is 4.77. The van der Waals surface area contributed by atoms with E-state index in [0.717, 1.165) is 11.2 Å². The maximum absolute atomic E-state index is 5.79. The molecule has 2 N–H and O–H groups in total. The van der Waals surface area contributed by atoms with E-state index in [2.05, 4.69) is 20.3 Å². The van der Waals surface area contributed by atoms with Gasteiger partial charge in [-0.25, -0.2) is 9.97 Å². The third-order valence-electron chi connectivity index (χ3n) is 2.46. The van der Waals surface area contributed by atoms with Crippen molar-refractivity contribution in [3.05, 3.63) is 48.0 Å².